The van der Waals surface area contributed by atoms with E-state index < -0.39 is 0 Å². The summed E-state index contributed by atoms with van der Waals surface area (Å²) in [5.74, 6) is -0.309. The lowest BCUT2D eigenvalue weighted by Gasteiger charge is -2.08. The van der Waals surface area contributed by atoms with Crippen molar-refractivity contribution in [3.05, 3.63) is 58.6 Å². The van der Waals surface area contributed by atoms with Crippen LogP contribution in [-0.4, -0.2) is 51.0 Å². The molecule has 0 aliphatic heterocycles. The third kappa shape index (κ3) is 4.43. The van der Waals surface area contributed by atoms with Crippen LogP contribution in [0.4, 0.5) is 5.69 Å². The zero-order valence-corrected chi connectivity index (χ0v) is 15.9. The van der Waals surface area contributed by atoms with Gasteiger partial charge in [-0.05, 0) is 38.4 Å². The van der Waals surface area contributed by atoms with Gasteiger partial charge in [0.1, 0.15) is 0 Å². The highest BCUT2D eigenvalue weighted by atomic mass is 35.5. The molecule has 0 unspecified atom stereocenters. The van der Waals surface area contributed by atoms with E-state index in [9.17, 15) is 4.79 Å². The fourth-order valence-electron chi connectivity index (χ4n) is 2.26. The molecular weight excluding hydrogens is 375 g/mol. The second-order valence-electron chi connectivity index (χ2n) is 5.99. The van der Waals surface area contributed by atoms with Gasteiger partial charge in [-0.25, -0.2) is 4.68 Å². The molecule has 9 heteroatoms. The largest absolute Gasteiger partial charge is 0.318 e. The summed E-state index contributed by atoms with van der Waals surface area (Å²) < 4.78 is 3.35. The van der Waals surface area contributed by atoms with Gasteiger partial charge in [-0.3, -0.25) is 9.48 Å². The molecule has 0 bridgehead atoms. The molecule has 0 fully saturated rings. The lowest BCUT2D eigenvalue weighted by molar-refractivity contribution is 0.102. The van der Waals surface area contributed by atoms with E-state index in [1.165, 1.54) is 0 Å². The predicted octanol–water partition coefficient (Wildman–Crippen LogP) is 3.19. The number of hydrogen-bond donors (Lipinski definition) is 1. The Labute approximate surface area is 161 Å². The van der Waals surface area contributed by atoms with Gasteiger partial charge in [0.15, 0.2) is 5.69 Å². The Bertz CT molecular complexity index is 918. The Hall–Kier alpha value is -2.35. The molecule has 2 aromatic heterocycles. The lowest BCUT2D eigenvalue weighted by atomic mass is 10.3. The van der Waals surface area contributed by atoms with Crippen molar-refractivity contribution >= 4 is 34.8 Å². The van der Waals surface area contributed by atoms with Crippen LogP contribution < -0.4 is 5.32 Å². The summed E-state index contributed by atoms with van der Waals surface area (Å²) in [6.07, 6.45) is 5.09. The van der Waals surface area contributed by atoms with Crippen molar-refractivity contribution in [1.82, 2.24) is 24.5 Å². The zero-order valence-electron chi connectivity index (χ0n) is 14.4. The van der Waals surface area contributed by atoms with E-state index in [0.717, 1.165) is 18.8 Å². The number of nitrogens with zero attached hydrogens (tertiary/aromatic N) is 5. The second-order valence-corrected chi connectivity index (χ2v) is 6.81. The molecule has 0 aliphatic rings. The number of nitrogens with one attached hydrogen (secondary N) is 1. The number of amides is 1. The summed E-state index contributed by atoms with van der Waals surface area (Å²) in [5, 5.41) is 12.2. The third-order valence-electron chi connectivity index (χ3n) is 3.66. The van der Waals surface area contributed by atoms with Crippen LogP contribution in [0.3, 0.4) is 0 Å². The number of anilines is 1. The Morgan fingerprint density at radius 1 is 1.23 bits per heavy atom. The first kappa shape index (κ1) is 18.4. The first-order valence-corrected chi connectivity index (χ1v) is 8.67. The van der Waals surface area contributed by atoms with Crippen LogP contribution in [-0.2, 0) is 6.54 Å². The number of carbonyl (C=O) groups is 1. The van der Waals surface area contributed by atoms with Gasteiger partial charge in [-0.2, -0.15) is 10.2 Å². The van der Waals surface area contributed by atoms with E-state index in [4.69, 9.17) is 23.2 Å². The molecule has 1 N–H and O–H groups in total. The molecule has 0 radical (unpaired) electrons. The lowest BCUT2D eigenvalue weighted by Crippen LogP contribution is -2.18. The Kier molecular flexibility index (Phi) is 5.61. The third-order valence-corrected chi connectivity index (χ3v) is 4.40. The monoisotopic (exact) mass is 392 g/mol. The van der Waals surface area contributed by atoms with Crippen molar-refractivity contribution in [2.75, 3.05) is 26.0 Å². The van der Waals surface area contributed by atoms with E-state index in [-0.39, 0.29) is 11.6 Å². The zero-order chi connectivity index (χ0) is 18.7. The Balaban J connectivity index is 1.67. The number of rotatable bonds is 6. The van der Waals surface area contributed by atoms with Crippen LogP contribution in [0.15, 0.2) is 42.9 Å². The smallest absolute Gasteiger partial charge is 0.276 e. The SMILES string of the molecule is CN(C)CCn1cc(NC(=O)c2ccn(-c3ccc(Cl)c(Cl)c3)n2)cn1. The molecule has 26 heavy (non-hydrogen) atoms. The van der Waals surface area contributed by atoms with Crippen LogP contribution >= 0.6 is 23.2 Å². The van der Waals surface area contributed by atoms with Crippen molar-refractivity contribution in [2.45, 2.75) is 6.54 Å². The molecule has 0 aliphatic carbocycles. The summed E-state index contributed by atoms with van der Waals surface area (Å²) >= 11 is 11.9. The predicted molar refractivity (Wildman–Crippen MR) is 102 cm³/mol. The van der Waals surface area contributed by atoms with Crippen molar-refractivity contribution in [2.24, 2.45) is 0 Å². The second kappa shape index (κ2) is 7.90. The number of carbonyl (C=O) groups excluding carboxylic acids is 1. The van der Waals surface area contributed by atoms with Gasteiger partial charge < -0.3 is 10.2 Å². The molecule has 2 heterocycles. The first-order valence-electron chi connectivity index (χ1n) is 7.92. The van der Waals surface area contributed by atoms with E-state index in [2.05, 4.69) is 20.4 Å². The van der Waals surface area contributed by atoms with Crippen LogP contribution in [0, 0.1) is 0 Å². The molecule has 0 atom stereocenters. The molecule has 1 aromatic carbocycles. The van der Waals surface area contributed by atoms with E-state index in [0.29, 0.717) is 15.7 Å². The van der Waals surface area contributed by atoms with Crippen molar-refractivity contribution in [3.8, 4) is 5.69 Å². The highest BCUT2D eigenvalue weighted by molar-refractivity contribution is 6.42. The summed E-state index contributed by atoms with van der Waals surface area (Å²) in [6, 6.07) is 6.78. The van der Waals surface area contributed by atoms with E-state index in [1.54, 1.807) is 52.2 Å². The normalized spacial score (nSPS) is 11.1. The average Bonchev–Trinajstić information content (AvgIpc) is 3.25. The quantitative estimate of drug-likeness (QED) is 0.699. The van der Waals surface area contributed by atoms with Gasteiger partial charge in [0.05, 0.1) is 34.2 Å². The summed E-state index contributed by atoms with van der Waals surface area (Å²) in [4.78, 5) is 14.4. The molecule has 136 valence electrons. The first-order chi connectivity index (χ1) is 12.4. The number of benzene rings is 1. The minimum Gasteiger partial charge on any atom is -0.318 e. The van der Waals surface area contributed by atoms with Crippen LogP contribution in [0.25, 0.3) is 5.69 Å². The maximum absolute atomic E-state index is 12.4. The fourth-order valence-corrected chi connectivity index (χ4v) is 2.56. The summed E-state index contributed by atoms with van der Waals surface area (Å²) in [6.45, 7) is 1.61. The topological polar surface area (TPSA) is 68.0 Å². The molecular formula is C17H18Cl2N6O. The van der Waals surface area contributed by atoms with Crippen molar-refractivity contribution < 1.29 is 4.79 Å². The maximum Gasteiger partial charge on any atom is 0.276 e. The van der Waals surface area contributed by atoms with E-state index in [1.807, 2.05) is 14.1 Å². The Morgan fingerprint density at radius 3 is 2.77 bits per heavy atom. The standard InChI is InChI=1S/C17H18Cl2N6O/c1-23(2)7-8-24-11-12(10-20-24)21-17(26)16-5-6-25(22-16)13-3-4-14(18)15(19)9-13/h3-6,9-11H,7-8H2,1-2H3,(H,21,26). The van der Waals surface area contributed by atoms with Crippen LogP contribution in [0.1, 0.15) is 10.5 Å². The Morgan fingerprint density at radius 2 is 2.04 bits per heavy atom. The molecule has 3 aromatic rings. The number of aromatic nitrogens is 4. The van der Waals surface area contributed by atoms with E-state index >= 15 is 0 Å². The minimum absolute atomic E-state index is 0.289. The van der Waals surface area contributed by atoms with Crippen LogP contribution in [0.5, 0.6) is 0 Å². The number of likely N-dealkylation sites (N-methyl/N-ethyl adjacent to an activating group) is 1. The number of hydrogen-bond acceptors (Lipinski definition) is 4. The molecule has 7 nitrogen and oxygen atoms in total. The number of halogens is 2. The minimum atomic E-state index is -0.309. The van der Waals surface area contributed by atoms with Crippen molar-refractivity contribution in [1.29, 1.82) is 0 Å². The van der Waals surface area contributed by atoms with Crippen molar-refractivity contribution in [3.63, 3.8) is 0 Å². The van der Waals surface area contributed by atoms with Gasteiger partial charge in [-0.15, -0.1) is 0 Å². The average molecular weight is 393 g/mol. The highest BCUT2D eigenvalue weighted by Gasteiger charge is 2.12. The highest BCUT2D eigenvalue weighted by Crippen LogP contribution is 2.24. The van der Waals surface area contributed by atoms with Gasteiger partial charge in [0.25, 0.3) is 5.91 Å². The van der Waals surface area contributed by atoms with Gasteiger partial charge in [0.2, 0.25) is 0 Å². The summed E-state index contributed by atoms with van der Waals surface area (Å²) in [7, 11) is 3.99. The van der Waals surface area contributed by atoms with Gasteiger partial charge >= 0.3 is 0 Å². The summed E-state index contributed by atoms with van der Waals surface area (Å²) in [5.41, 5.74) is 1.63. The fraction of sp³-hybridized carbons (Fsp3) is 0.235. The molecule has 0 spiro atoms. The molecule has 3 rings (SSSR count). The van der Waals surface area contributed by atoms with Crippen LogP contribution in [0.2, 0.25) is 10.0 Å². The van der Waals surface area contributed by atoms with Gasteiger partial charge in [-0.1, -0.05) is 23.2 Å². The van der Waals surface area contributed by atoms with Gasteiger partial charge in [0, 0.05) is 18.9 Å². The molecule has 1 amide bonds. The molecule has 0 saturated heterocycles. The maximum atomic E-state index is 12.4. The molecule has 0 saturated carbocycles.